The van der Waals surface area contributed by atoms with Crippen LogP contribution in [0.1, 0.15) is 76.3 Å². The van der Waals surface area contributed by atoms with Gasteiger partial charge in [0.25, 0.3) is 0 Å². The third-order valence-electron chi connectivity index (χ3n) is 21.2. The van der Waals surface area contributed by atoms with Gasteiger partial charge in [0, 0.05) is 117 Å². The molecule has 3 nitrogen and oxygen atoms in total. The van der Waals surface area contributed by atoms with E-state index in [4.69, 9.17) is 0 Å². The molecule has 92 heavy (non-hydrogen) atoms. The molecule has 5 aromatic heterocycles. The molecule has 0 spiro atoms. The van der Waals surface area contributed by atoms with E-state index in [-0.39, 0.29) is 16.2 Å². The van der Waals surface area contributed by atoms with Crippen molar-refractivity contribution in [3.05, 3.63) is 270 Å². The summed E-state index contributed by atoms with van der Waals surface area (Å²) in [6.45, 7) is 16.6. The predicted octanol–water partition coefficient (Wildman–Crippen LogP) is 25.9. The quantitative estimate of drug-likeness (QED) is 0.164. The lowest BCUT2D eigenvalue weighted by molar-refractivity contribution is 0.592. The van der Waals surface area contributed by atoms with Crippen LogP contribution >= 0.6 is 34.0 Å². The van der Waals surface area contributed by atoms with E-state index in [1.165, 1.54) is 177 Å². The highest BCUT2D eigenvalue weighted by molar-refractivity contribution is 7.27. The van der Waals surface area contributed by atoms with E-state index in [2.05, 4.69) is 305 Å². The van der Waals surface area contributed by atoms with Crippen LogP contribution in [-0.4, -0.2) is 4.40 Å². The van der Waals surface area contributed by atoms with Gasteiger partial charge in [-0.2, -0.15) is 0 Å². The van der Waals surface area contributed by atoms with Gasteiger partial charge in [0.1, 0.15) is 0 Å². The second kappa shape index (κ2) is 18.5. The normalized spacial score (nSPS) is 14.2. The van der Waals surface area contributed by atoms with Crippen LogP contribution in [0.5, 0.6) is 0 Å². The van der Waals surface area contributed by atoms with E-state index >= 15 is 0 Å². The summed E-state index contributed by atoms with van der Waals surface area (Å²) in [5, 5.41) is 15.5. The topological polar surface area (TPSA) is 10.9 Å². The number of nitrogens with zero attached hydrogens (tertiary/aromatic N) is 3. The Morgan fingerprint density at radius 1 is 0.304 bits per heavy atom. The van der Waals surface area contributed by atoms with Crippen molar-refractivity contribution >= 4 is 178 Å². The third kappa shape index (κ3) is 7.09. The van der Waals surface area contributed by atoms with Gasteiger partial charge in [-0.15, -0.1) is 34.0 Å². The molecular formula is C86H61N3S3. The summed E-state index contributed by atoms with van der Waals surface area (Å²) >= 11 is 5.73. The van der Waals surface area contributed by atoms with Crippen molar-refractivity contribution in [3.8, 4) is 22.3 Å². The number of benzene rings is 13. The number of fused-ring (bicyclic) bond motifs is 24. The van der Waals surface area contributed by atoms with Gasteiger partial charge < -0.3 is 14.2 Å². The van der Waals surface area contributed by atoms with Gasteiger partial charge in [-0.05, 0) is 140 Å². The van der Waals surface area contributed by atoms with Crippen LogP contribution in [0.25, 0.3) is 132 Å². The summed E-state index contributed by atoms with van der Waals surface area (Å²) in [7, 11) is 0. The predicted molar refractivity (Wildman–Crippen MR) is 400 cm³/mol. The Morgan fingerprint density at radius 2 is 0.696 bits per heavy atom. The van der Waals surface area contributed by atoms with Crippen LogP contribution in [0, 0.1) is 0 Å². The van der Waals surface area contributed by atoms with Gasteiger partial charge in [0.15, 0.2) is 0 Å². The van der Waals surface area contributed by atoms with E-state index in [1.54, 1.807) is 0 Å². The number of thiophene rings is 3. The Hall–Kier alpha value is -9.82. The lowest BCUT2D eigenvalue weighted by Crippen LogP contribution is -2.16. The summed E-state index contributed by atoms with van der Waals surface area (Å²) in [6.07, 6.45) is 0. The van der Waals surface area contributed by atoms with E-state index in [1.807, 2.05) is 34.0 Å². The van der Waals surface area contributed by atoms with E-state index < -0.39 is 0 Å². The van der Waals surface area contributed by atoms with Gasteiger partial charge in [-0.3, -0.25) is 0 Å². The van der Waals surface area contributed by atoms with Crippen molar-refractivity contribution in [2.75, 3.05) is 9.80 Å². The second-order valence-corrected chi connectivity index (χ2v) is 31.1. The number of rotatable bonds is 6. The number of hydrogen-bond donors (Lipinski definition) is 0. The van der Waals surface area contributed by atoms with Crippen molar-refractivity contribution in [1.82, 2.24) is 4.40 Å². The highest BCUT2D eigenvalue weighted by Gasteiger charge is 2.38. The fraction of sp³-hybridized carbons (Fsp3) is 0.116. The van der Waals surface area contributed by atoms with Crippen molar-refractivity contribution in [2.24, 2.45) is 0 Å². The van der Waals surface area contributed by atoms with Crippen molar-refractivity contribution in [1.29, 1.82) is 0 Å². The maximum Gasteiger partial charge on any atom is 0.0640 e. The maximum absolute atomic E-state index is 2.65. The molecule has 0 bridgehead atoms. The zero-order valence-corrected chi connectivity index (χ0v) is 54.6. The fourth-order valence-corrected chi connectivity index (χ4v) is 20.4. The van der Waals surface area contributed by atoms with Crippen molar-refractivity contribution < 1.29 is 0 Å². The van der Waals surface area contributed by atoms with Gasteiger partial charge in [0.05, 0.1) is 37.3 Å². The van der Waals surface area contributed by atoms with Crippen LogP contribution in [0.15, 0.2) is 243 Å². The largest absolute Gasteiger partial charge is 0.309 e. The van der Waals surface area contributed by atoms with Gasteiger partial charge in [-0.1, -0.05) is 206 Å². The fourth-order valence-electron chi connectivity index (χ4n) is 16.7. The highest BCUT2D eigenvalue weighted by Crippen LogP contribution is 2.56. The molecule has 0 unspecified atom stereocenters. The van der Waals surface area contributed by atoms with Crippen LogP contribution in [-0.2, 0) is 16.2 Å². The molecule has 438 valence electrons. The number of anilines is 6. The van der Waals surface area contributed by atoms with E-state index in [0.717, 1.165) is 17.1 Å². The molecule has 0 saturated heterocycles. The molecule has 13 aromatic carbocycles. The average Bonchev–Trinajstić information content (AvgIpc) is 1.53. The Bertz CT molecular complexity index is 6270. The molecule has 0 saturated carbocycles. The van der Waals surface area contributed by atoms with Gasteiger partial charge in [-0.25, -0.2) is 0 Å². The maximum atomic E-state index is 2.65. The minimum absolute atomic E-state index is 0.0650. The molecule has 0 N–H and O–H groups in total. The Kier molecular flexibility index (Phi) is 10.6. The third-order valence-corrected chi connectivity index (χ3v) is 24.9. The standard InChI is InChI=1S/C86H61N3S3/c1-84(2,3)48-42-67-57-36-32-51(87(73-26-16-22-63-58-20-10-14-28-76(58)90-82(63)73)49-30-34-55-53-18-8-12-24-69(53)85(4,5)71(55)44-49)46-75(57)89-79-61-38-40-65-60-37-33-52(47-78(60)92-81(65)66(61)41-39-62(79)68(43-48)80(67)89)88(74-27-17-23-64-59-21-11-15-29-77(59)91-83(64)74)50-31-35-56-54-19-9-13-25-70(54)86(6,7)72(56)45-50/h8-47H,1-7H3. The Morgan fingerprint density at radius 3 is 1.27 bits per heavy atom. The second-order valence-electron chi connectivity index (χ2n) is 28.0. The molecule has 0 fully saturated rings. The summed E-state index contributed by atoms with van der Waals surface area (Å²) in [4.78, 5) is 5.10. The first kappa shape index (κ1) is 52.9. The molecule has 0 aliphatic heterocycles. The molecule has 20 rings (SSSR count). The van der Waals surface area contributed by atoms with Crippen molar-refractivity contribution in [3.63, 3.8) is 0 Å². The molecule has 0 atom stereocenters. The van der Waals surface area contributed by atoms with Crippen LogP contribution in [0.2, 0.25) is 0 Å². The Balaban J connectivity index is 0.806. The monoisotopic (exact) mass is 1230 g/mol. The summed E-state index contributed by atoms with van der Waals surface area (Å²) in [6, 6.07) is 93.3. The lowest BCUT2D eigenvalue weighted by atomic mass is 9.82. The first-order chi connectivity index (χ1) is 44.8. The van der Waals surface area contributed by atoms with Crippen LogP contribution in [0.3, 0.4) is 0 Å². The minimum Gasteiger partial charge on any atom is -0.309 e. The number of hydrogen-bond acceptors (Lipinski definition) is 5. The average molecular weight is 1230 g/mol. The minimum atomic E-state index is -0.163. The van der Waals surface area contributed by atoms with E-state index in [0.29, 0.717) is 0 Å². The molecule has 2 aliphatic carbocycles. The molecular weight excluding hydrogens is 1170 g/mol. The molecule has 18 aromatic rings. The van der Waals surface area contributed by atoms with Crippen LogP contribution in [0.4, 0.5) is 34.1 Å². The van der Waals surface area contributed by atoms with Crippen LogP contribution < -0.4 is 9.80 Å². The smallest absolute Gasteiger partial charge is 0.0640 e. The molecule has 0 amide bonds. The van der Waals surface area contributed by atoms with Gasteiger partial charge >= 0.3 is 0 Å². The summed E-state index contributed by atoms with van der Waals surface area (Å²) in [5.74, 6) is 0. The Labute approximate surface area is 545 Å². The van der Waals surface area contributed by atoms with E-state index in [9.17, 15) is 0 Å². The number of aromatic nitrogens is 1. The summed E-state index contributed by atoms with van der Waals surface area (Å²) < 4.78 is 10.4. The first-order valence-corrected chi connectivity index (χ1v) is 34.7. The highest BCUT2D eigenvalue weighted by atomic mass is 32.1. The van der Waals surface area contributed by atoms with Crippen molar-refractivity contribution in [2.45, 2.75) is 64.7 Å². The molecule has 0 radical (unpaired) electrons. The lowest BCUT2D eigenvalue weighted by Gasteiger charge is -2.28. The summed E-state index contributed by atoms with van der Waals surface area (Å²) in [5.41, 5.74) is 22.6. The van der Waals surface area contributed by atoms with Gasteiger partial charge in [0.2, 0.25) is 0 Å². The first-order valence-electron chi connectivity index (χ1n) is 32.2. The molecule has 5 heterocycles. The zero-order chi connectivity index (χ0) is 61.4. The molecule has 6 heteroatoms. The zero-order valence-electron chi connectivity index (χ0n) is 52.2. The molecule has 2 aliphatic rings. The SMILES string of the molecule is CC(C)(C)c1cc2c3ccc(N(c4ccc5c(c4)C(C)(C)c4ccccc4-5)c4cccc5c4sc4ccccc45)cc3n3c4c5ccc6c7ccc(N(c8ccc9c(c8)C(C)(C)c8ccccc8-9)c8cccc9c8sc8ccccc89)cc7sc6c5ccc4c(c1)c23.